The number of carbonyl (C=O) groups is 2. The maximum absolute atomic E-state index is 12.0. The standard InChI is InChI=1S/C11H22N2O6S/c1-5-8(2)10(11(16)19-4)12-20(17,18)13(3)7-6-9(14)15/h8,10,12H,5-7H2,1-4H3,(H,14,15). The average Bonchev–Trinajstić information content (AvgIpc) is 2.40. The van der Waals surface area contributed by atoms with Crippen LogP contribution in [0.25, 0.3) is 0 Å². The highest BCUT2D eigenvalue weighted by molar-refractivity contribution is 7.87. The monoisotopic (exact) mass is 310 g/mol. The van der Waals surface area contributed by atoms with Gasteiger partial charge in [0.05, 0.1) is 13.5 Å². The Labute approximate surface area is 119 Å². The summed E-state index contributed by atoms with van der Waals surface area (Å²) in [5.74, 6) is -2.02. The Hall–Kier alpha value is -1.19. The Balaban J connectivity index is 4.91. The minimum absolute atomic E-state index is 0.181. The van der Waals surface area contributed by atoms with Crippen molar-refractivity contribution >= 4 is 22.1 Å². The molecule has 118 valence electrons. The largest absolute Gasteiger partial charge is 0.481 e. The quantitative estimate of drug-likeness (QED) is 0.571. The zero-order chi connectivity index (χ0) is 15.9. The van der Waals surface area contributed by atoms with Crippen LogP contribution in [0.4, 0.5) is 0 Å². The van der Waals surface area contributed by atoms with E-state index in [-0.39, 0.29) is 18.9 Å². The molecule has 8 nitrogen and oxygen atoms in total. The van der Waals surface area contributed by atoms with Crippen LogP contribution >= 0.6 is 0 Å². The fourth-order valence-electron chi connectivity index (χ4n) is 1.38. The number of carboxylic acid groups (broad SMARTS) is 1. The van der Waals surface area contributed by atoms with Crippen LogP contribution in [0.3, 0.4) is 0 Å². The van der Waals surface area contributed by atoms with Crippen molar-refractivity contribution in [2.24, 2.45) is 5.92 Å². The van der Waals surface area contributed by atoms with Crippen molar-refractivity contribution in [3.05, 3.63) is 0 Å². The molecule has 0 aromatic rings. The van der Waals surface area contributed by atoms with E-state index < -0.39 is 28.2 Å². The van der Waals surface area contributed by atoms with Crippen molar-refractivity contribution in [3.63, 3.8) is 0 Å². The van der Waals surface area contributed by atoms with Gasteiger partial charge in [-0.25, -0.2) is 0 Å². The number of esters is 1. The molecule has 0 aromatic heterocycles. The maximum Gasteiger partial charge on any atom is 0.324 e. The highest BCUT2D eigenvalue weighted by Crippen LogP contribution is 2.11. The van der Waals surface area contributed by atoms with Crippen LogP contribution < -0.4 is 4.72 Å². The van der Waals surface area contributed by atoms with E-state index in [1.165, 1.54) is 14.2 Å². The molecule has 0 fully saturated rings. The summed E-state index contributed by atoms with van der Waals surface area (Å²) < 4.78 is 31.7. The number of aliphatic carboxylic acids is 1. The Kier molecular flexibility index (Phi) is 7.69. The minimum Gasteiger partial charge on any atom is -0.481 e. The van der Waals surface area contributed by atoms with Crippen LogP contribution in [0.1, 0.15) is 26.7 Å². The van der Waals surface area contributed by atoms with E-state index in [2.05, 4.69) is 9.46 Å². The van der Waals surface area contributed by atoms with Gasteiger partial charge in [0.25, 0.3) is 10.2 Å². The van der Waals surface area contributed by atoms with E-state index in [1.54, 1.807) is 6.92 Å². The van der Waals surface area contributed by atoms with E-state index >= 15 is 0 Å². The summed E-state index contributed by atoms with van der Waals surface area (Å²) >= 11 is 0. The van der Waals surface area contributed by atoms with Crippen molar-refractivity contribution in [2.75, 3.05) is 20.7 Å². The highest BCUT2D eigenvalue weighted by atomic mass is 32.2. The molecule has 0 bridgehead atoms. The molecular weight excluding hydrogens is 288 g/mol. The molecule has 9 heteroatoms. The molecule has 0 amide bonds. The smallest absolute Gasteiger partial charge is 0.324 e. The maximum atomic E-state index is 12.0. The number of nitrogens with zero attached hydrogens (tertiary/aromatic N) is 1. The zero-order valence-corrected chi connectivity index (χ0v) is 12.9. The lowest BCUT2D eigenvalue weighted by Gasteiger charge is -2.24. The third-order valence-electron chi connectivity index (χ3n) is 2.99. The molecule has 2 unspecified atom stereocenters. The predicted molar refractivity (Wildman–Crippen MR) is 72.2 cm³/mol. The number of nitrogens with one attached hydrogen (secondary N) is 1. The Morgan fingerprint density at radius 3 is 2.35 bits per heavy atom. The van der Waals surface area contributed by atoms with E-state index in [1.807, 2.05) is 6.92 Å². The molecule has 2 N–H and O–H groups in total. The molecule has 0 aliphatic heterocycles. The molecule has 0 rings (SSSR count). The molecule has 0 saturated carbocycles. The van der Waals surface area contributed by atoms with Gasteiger partial charge in [-0.05, 0) is 5.92 Å². The predicted octanol–water partition coefficient (Wildman–Crippen LogP) is -0.185. The summed E-state index contributed by atoms with van der Waals surface area (Å²) in [7, 11) is -1.52. The summed E-state index contributed by atoms with van der Waals surface area (Å²) in [5.41, 5.74) is 0. The van der Waals surface area contributed by atoms with Crippen molar-refractivity contribution in [1.29, 1.82) is 0 Å². The zero-order valence-electron chi connectivity index (χ0n) is 12.1. The van der Waals surface area contributed by atoms with Crippen molar-refractivity contribution in [2.45, 2.75) is 32.7 Å². The van der Waals surface area contributed by atoms with Gasteiger partial charge in [0, 0.05) is 13.6 Å². The van der Waals surface area contributed by atoms with E-state index in [4.69, 9.17) is 5.11 Å². The molecule has 0 radical (unpaired) electrons. The number of hydrogen-bond donors (Lipinski definition) is 2. The van der Waals surface area contributed by atoms with Crippen LogP contribution in [0.5, 0.6) is 0 Å². The molecular formula is C11H22N2O6S. The van der Waals surface area contributed by atoms with Gasteiger partial charge in [-0.1, -0.05) is 20.3 Å². The lowest BCUT2D eigenvalue weighted by Crippen LogP contribution is -2.50. The van der Waals surface area contributed by atoms with E-state index in [0.717, 1.165) is 4.31 Å². The van der Waals surface area contributed by atoms with Crippen LogP contribution in [-0.2, 0) is 24.5 Å². The number of ether oxygens (including phenoxy) is 1. The Bertz CT molecular complexity index is 436. The van der Waals surface area contributed by atoms with E-state index in [0.29, 0.717) is 6.42 Å². The van der Waals surface area contributed by atoms with Gasteiger partial charge in [-0.2, -0.15) is 17.4 Å². The second-order valence-electron chi connectivity index (χ2n) is 4.47. The lowest BCUT2D eigenvalue weighted by molar-refractivity contribution is -0.144. The van der Waals surface area contributed by atoms with Crippen LogP contribution in [-0.4, -0.2) is 56.5 Å². The second-order valence-corrected chi connectivity index (χ2v) is 6.28. The van der Waals surface area contributed by atoms with Crippen molar-refractivity contribution < 1.29 is 27.9 Å². The molecule has 0 saturated heterocycles. The summed E-state index contributed by atoms with van der Waals surface area (Å²) in [5, 5.41) is 8.55. The normalized spacial score (nSPS) is 14.8. The van der Waals surface area contributed by atoms with Gasteiger partial charge in [-0.15, -0.1) is 0 Å². The molecule has 2 atom stereocenters. The Morgan fingerprint density at radius 2 is 1.95 bits per heavy atom. The topological polar surface area (TPSA) is 113 Å². The lowest BCUT2D eigenvalue weighted by atomic mass is 10.0. The first-order chi connectivity index (χ1) is 9.15. The molecule has 20 heavy (non-hydrogen) atoms. The van der Waals surface area contributed by atoms with Crippen LogP contribution in [0.2, 0.25) is 0 Å². The summed E-state index contributed by atoms with van der Waals surface area (Å²) in [6.45, 7) is 3.36. The first kappa shape index (κ1) is 18.8. The van der Waals surface area contributed by atoms with Gasteiger partial charge in [0.1, 0.15) is 6.04 Å². The molecule has 0 aliphatic rings. The van der Waals surface area contributed by atoms with Crippen molar-refractivity contribution in [1.82, 2.24) is 9.03 Å². The number of hydrogen-bond acceptors (Lipinski definition) is 5. The van der Waals surface area contributed by atoms with Gasteiger partial charge < -0.3 is 9.84 Å². The van der Waals surface area contributed by atoms with Gasteiger partial charge >= 0.3 is 11.9 Å². The molecule has 0 aliphatic carbocycles. The molecule has 0 aromatic carbocycles. The third kappa shape index (κ3) is 5.85. The molecule has 0 heterocycles. The van der Waals surface area contributed by atoms with Gasteiger partial charge in [0.2, 0.25) is 0 Å². The number of carboxylic acids is 1. The highest BCUT2D eigenvalue weighted by Gasteiger charge is 2.31. The minimum atomic E-state index is -3.95. The number of rotatable bonds is 9. The first-order valence-electron chi connectivity index (χ1n) is 6.18. The third-order valence-corrected chi connectivity index (χ3v) is 4.55. The van der Waals surface area contributed by atoms with Gasteiger partial charge in [0.15, 0.2) is 0 Å². The van der Waals surface area contributed by atoms with Crippen LogP contribution in [0.15, 0.2) is 0 Å². The summed E-state index contributed by atoms with van der Waals surface area (Å²) in [4.78, 5) is 22.1. The van der Waals surface area contributed by atoms with Crippen LogP contribution in [0, 0.1) is 5.92 Å². The number of carbonyl (C=O) groups excluding carboxylic acids is 1. The van der Waals surface area contributed by atoms with Gasteiger partial charge in [-0.3, -0.25) is 9.59 Å². The molecule has 0 spiro atoms. The van der Waals surface area contributed by atoms with E-state index in [9.17, 15) is 18.0 Å². The summed E-state index contributed by atoms with van der Waals surface area (Å²) in [6.07, 6.45) is 0.269. The fourth-order valence-corrected chi connectivity index (χ4v) is 2.54. The Morgan fingerprint density at radius 1 is 1.40 bits per heavy atom. The second kappa shape index (κ2) is 8.18. The SMILES string of the molecule is CCC(C)C(NS(=O)(=O)N(C)CCC(=O)O)C(=O)OC. The van der Waals surface area contributed by atoms with Crippen molar-refractivity contribution in [3.8, 4) is 0 Å². The first-order valence-corrected chi connectivity index (χ1v) is 7.62. The summed E-state index contributed by atoms with van der Waals surface area (Å²) in [6, 6.07) is -0.998. The fraction of sp³-hybridized carbons (Fsp3) is 0.818. The average molecular weight is 310 g/mol. The number of methoxy groups -OCH3 is 1.